The summed E-state index contributed by atoms with van der Waals surface area (Å²) in [7, 11) is 0. The van der Waals surface area contributed by atoms with Crippen molar-refractivity contribution in [2.24, 2.45) is 0 Å². The molecular formula is C29H34GeN2. The third-order valence-corrected chi connectivity index (χ3v) is 15.5. The zero-order chi connectivity index (χ0) is 23.0. The second-order valence-electron chi connectivity index (χ2n) is 10.6. The molecule has 0 fully saturated rings. The summed E-state index contributed by atoms with van der Waals surface area (Å²) in [6.07, 6.45) is 0. The summed E-state index contributed by atoms with van der Waals surface area (Å²) >= 11 is -3.45. The van der Waals surface area contributed by atoms with E-state index in [1.54, 1.807) is 0 Å². The van der Waals surface area contributed by atoms with Gasteiger partial charge in [-0.15, -0.1) is 0 Å². The van der Waals surface area contributed by atoms with Crippen molar-refractivity contribution in [1.82, 2.24) is 8.74 Å². The van der Waals surface area contributed by atoms with Gasteiger partial charge < -0.3 is 0 Å². The van der Waals surface area contributed by atoms with Crippen molar-refractivity contribution in [2.75, 3.05) is 0 Å². The minimum absolute atomic E-state index is 0.0245. The fourth-order valence-corrected chi connectivity index (χ4v) is 14.5. The monoisotopic (exact) mass is 484 g/mol. The summed E-state index contributed by atoms with van der Waals surface area (Å²) in [4.78, 5) is 0. The molecule has 32 heavy (non-hydrogen) atoms. The third kappa shape index (κ3) is 3.97. The Morgan fingerprint density at radius 2 is 0.938 bits per heavy atom. The van der Waals surface area contributed by atoms with Crippen molar-refractivity contribution in [1.29, 1.82) is 0 Å². The summed E-state index contributed by atoms with van der Waals surface area (Å²) in [6.45, 7) is 13.7. The van der Waals surface area contributed by atoms with Gasteiger partial charge in [-0.1, -0.05) is 0 Å². The Bertz CT molecular complexity index is 1070. The average molecular weight is 483 g/mol. The molecule has 1 aromatic heterocycles. The van der Waals surface area contributed by atoms with Crippen molar-refractivity contribution in [3.05, 3.63) is 108 Å². The van der Waals surface area contributed by atoms with Gasteiger partial charge in [-0.25, -0.2) is 0 Å². The summed E-state index contributed by atoms with van der Waals surface area (Å²) in [5.74, 6) is 0. The van der Waals surface area contributed by atoms with Crippen molar-refractivity contribution in [2.45, 2.75) is 52.4 Å². The average Bonchev–Trinajstić information content (AvgIpc) is 3.24. The molecule has 0 aliphatic rings. The Balaban J connectivity index is 2.21. The van der Waals surface area contributed by atoms with E-state index in [0.717, 1.165) is 5.69 Å². The SMILES string of the molecule is CC(C)(C)c1cc(C(C)(C)C)[n]([Ge]([c]2ccccc2)([c]2ccccc2)[c]2ccccc2)n1. The summed E-state index contributed by atoms with van der Waals surface area (Å²) in [6, 6.07) is 35.6. The molecule has 0 amide bonds. The number of hydrogen-bond donors (Lipinski definition) is 0. The molecule has 0 bridgehead atoms. The van der Waals surface area contributed by atoms with Gasteiger partial charge in [0.05, 0.1) is 0 Å². The molecular weight excluding hydrogens is 449 g/mol. The van der Waals surface area contributed by atoms with Crippen LogP contribution >= 0.6 is 0 Å². The van der Waals surface area contributed by atoms with Crippen LogP contribution in [-0.4, -0.2) is 22.2 Å². The molecule has 0 atom stereocenters. The first-order valence-electron chi connectivity index (χ1n) is 11.4. The molecule has 0 spiro atoms. The molecule has 0 saturated carbocycles. The Labute approximate surface area is 195 Å². The Kier molecular flexibility index (Phi) is 5.93. The maximum absolute atomic E-state index is 5.45. The van der Waals surface area contributed by atoms with Crippen LogP contribution in [0.25, 0.3) is 0 Å². The van der Waals surface area contributed by atoms with Crippen LogP contribution in [0.3, 0.4) is 0 Å². The van der Waals surface area contributed by atoms with E-state index in [1.165, 1.54) is 18.9 Å². The van der Waals surface area contributed by atoms with Gasteiger partial charge in [0.25, 0.3) is 0 Å². The van der Waals surface area contributed by atoms with Crippen LogP contribution in [0, 0.1) is 0 Å². The van der Waals surface area contributed by atoms with Gasteiger partial charge in [0, 0.05) is 0 Å². The van der Waals surface area contributed by atoms with Gasteiger partial charge in [0.1, 0.15) is 0 Å². The molecule has 0 radical (unpaired) electrons. The van der Waals surface area contributed by atoms with E-state index < -0.39 is 13.5 Å². The van der Waals surface area contributed by atoms with Crippen LogP contribution in [0.2, 0.25) is 0 Å². The quantitative estimate of drug-likeness (QED) is 0.374. The molecule has 164 valence electrons. The Morgan fingerprint density at radius 3 is 1.25 bits per heavy atom. The third-order valence-electron chi connectivity index (χ3n) is 6.14. The van der Waals surface area contributed by atoms with Gasteiger partial charge in [-0.2, -0.15) is 0 Å². The van der Waals surface area contributed by atoms with Crippen molar-refractivity contribution in [3.8, 4) is 0 Å². The molecule has 0 aliphatic carbocycles. The summed E-state index contributed by atoms with van der Waals surface area (Å²) in [5.41, 5.74) is 2.40. The van der Waals surface area contributed by atoms with Crippen LogP contribution in [0.5, 0.6) is 0 Å². The van der Waals surface area contributed by atoms with E-state index >= 15 is 0 Å². The summed E-state index contributed by atoms with van der Waals surface area (Å²) < 4.78 is 6.65. The van der Waals surface area contributed by atoms with Gasteiger partial charge >= 0.3 is 196 Å². The van der Waals surface area contributed by atoms with Crippen LogP contribution < -0.4 is 13.2 Å². The molecule has 4 aromatic rings. The molecule has 0 saturated heterocycles. The van der Waals surface area contributed by atoms with Gasteiger partial charge in [0.2, 0.25) is 0 Å². The second kappa shape index (κ2) is 8.40. The topological polar surface area (TPSA) is 17.8 Å². The molecule has 3 aromatic carbocycles. The zero-order valence-corrected chi connectivity index (χ0v) is 22.2. The minimum atomic E-state index is -3.45. The second-order valence-corrected chi connectivity index (χ2v) is 18.1. The Hall–Kier alpha value is -2.59. The molecule has 0 aliphatic heterocycles. The fraction of sp³-hybridized carbons (Fsp3) is 0.276. The molecule has 1 heterocycles. The van der Waals surface area contributed by atoms with Crippen LogP contribution in [0.15, 0.2) is 97.1 Å². The standard InChI is InChI=1S/C29H34GeN2/c1-28(2,3)26-22-27(29(4,5)6)32(31-26)30(23-16-10-7-11-17-23,24-18-12-8-13-19-24)25-20-14-9-15-21-25/h7-22H,1-6H3. The van der Waals surface area contributed by atoms with Gasteiger partial charge in [0.15, 0.2) is 0 Å². The predicted molar refractivity (Wildman–Crippen MR) is 139 cm³/mol. The van der Waals surface area contributed by atoms with E-state index in [1.807, 2.05) is 0 Å². The molecule has 2 nitrogen and oxygen atoms in total. The molecule has 3 heteroatoms. The van der Waals surface area contributed by atoms with Crippen LogP contribution in [0.1, 0.15) is 52.9 Å². The van der Waals surface area contributed by atoms with Gasteiger partial charge in [-0.05, 0) is 0 Å². The fourth-order valence-electron chi connectivity index (χ4n) is 4.44. The molecule has 0 unspecified atom stereocenters. The van der Waals surface area contributed by atoms with Crippen molar-refractivity contribution < 1.29 is 0 Å². The number of rotatable bonds is 4. The van der Waals surface area contributed by atoms with E-state index in [4.69, 9.17) is 5.10 Å². The summed E-state index contributed by atoms with van der Waals surface area (Å²) in [5, 5.41) is 5.45. The Morgan fingerprint density at radius 1 is 0.562 bits per heavy atom. The first-order chi connectivity index (χ1) is 15.1. The zero-order valence-electron chi connectivity index (χ0n) is 20.1. The number of benzene rings is 3. The van der Waals surface area contributed by atoms with E-state index in [0.29, 0.717) is 0 Å². The van der Waals surface area contributed by atoms with E-state index in [9.17, 15) is 0 Å². The maximum atomic E-state index is 5.45. The van der Waals surface area contributed by atoms with Crippen LogP contribution in [0.4, 0.5) is 0 Å². The van der Waals surface area contributed by atoms with E-state index in [2.05, 4.69) is 142 Å². The van der Waals surface area contributed by atoms with Crippen molar-refractivity contribution >= 4 is 26.7 Å². The first kappa shape index (κ1) is 22.6. The number of aromatic nitrogens is 2. The van der Waals surface area contributed by atoms with Crippen molar-refractivity contribution in [3.63, 3.8) is 0 Å². The van der Waals surface area contributed by atoms with Gasteiger partial charge in [-0.3, -0.25) is 0 Å². The number of hydrogen-bond acceptors (Lipinski definition) is 1. The number of nitrogens with zero attached hydrogens (tertiary/aromatic N) is 2. The molecule has 4 rings (SSSR count). The molecule has 0 N–H and O–H groups in total. The van der Waals surface area contributed by atoms with Crippen LogP contribution in [-0.2, 0) is 10.8 Å². The van der Waals surface area contributed by atoms with E-state index in [-0.39, 0.29) is 10.8 Å². The normalized spacial score (nSPS) is 12.7. The predicted octanol–water partition coefficient (Wildman–Crippen LogP) is 4.99. The first-order valence-corrected chi connectivity index (χ1v) is 15.5.